The average molecular weight is 185 g/mol. The first-order valence-corrected chi connectivity index (χ1v) is 4.23. The third-order valence-corrected chi connectivity index (χ3v) is 3.34. The van der Waals surface area contributed by atoms with E-state index in [1.54, 1.807) is 0 Å². The first-order chi connectivity index (χ1) is 5.98. The molecule has 0 unspecified atom stereocenters. The second kappa shape index (κ2) is 2.23. The number of rotatable bonds is 2. The Kier molecular flexibility index (Phi) is 1.46. The summed E-state index contributed by atoms with van der Waals surface area (Å²) in [5.41, 5.74) is 4.37. The van der Waals surface area contributed by atoms with Crippen molar-refractivity contribution in [1.29, 1.82) is 0 Å². The lowest BCUT2D eigenvalue weighted by Gasteiger charge is -2.20. The van der Waals surface area contributed by atoms with E-state index in [4.69, 9.17) is 15.9 Å². The van der Waals surface area contributed by atoms with E-state index in [1.807, 2.05) is 0 Å². The van der Waals surface area contributed by atoms with Crippen LogP contribution >= 0.6 is 0 Å². The minimum Gasteiger partial charge on any atom is -0.481 e. The lowest BCUT2D eigenvalue weighted by atomic mass is 9.92. The summed E-state index contributed by atoms with van der Waals surface area (Å²) in [7, 11) is 0. The molecule has 4 N–H and O–H groups in total. The zero-order valence-corrected chi connectivity index (χ0v) is 6.93. The number of carboxylic acid groups (broad SMARTS) is 2. The monoisotopic (exact) mass is 185 g/mol. The van der Waals surface area contributed by atoms with Gasteiger partial charge in [0, 0.05) is 5.92 Å². The van der Waals surface area contributed by atoms with Gasteiger partial charge < -0.3 is 15.9 Å². The predicted octanol–water partition coefficient (Wildman–Crippen LogP) is -0.491. The van der Waals surface area contributed by atoms with Gasteiger partial charge in [-0.2, -0.15) is 0 Å². The van der Waals surface area contributed by atoms with Crippen molar-refractivity contribution >= 4 is 11.9 Å². The van der Waals surface area contributed by atoms with Gasteiger partial charge in [-0.25, -0.2) is 0 Å². The van der Waals surface area contributed by atoms with Crippen LogP contribution in [0.15, 0.2) is 0 Å². The van der Waals surface area contributed by atoms with Crippen LogP contribution in [0.4, 0.5) is 0 Å². The molecule has 2 aliphatic carbocycles. The Hall–Kier alpha value is -1.10. The van der Waals surface area contributed by atoms with Gasteiger partial charge in [-0.15, -0.1) is 0 Å². The fourth-order valence-corrected chi connectivity index (χ4v) is 2.59. The molecule has 5 heteroatoms. The number of hydrogen-bond acceptors (Lipinski definition) is 3. The van der Waals surface area contributed by atoms with Crippen molar-refractivity contribution in [2.24, 2.45) is 23.5 Å². The van der Waals surface area contributed by atoms with Gasteiger partial charge in [0.05, 0.1) is 5.92 Å². The standard InChI is InChI=1S/C8H11NO4/c9-8(7(12)13)2-1-3-4(5(3)8)6(10)11/h3-5H,1-2,9H2,(H,10,11)(H,12,13)/t3-,4+,5-,8-/m0/s1. The fraction of sp³-hybridized carbons (Fsp3) is 0.750. The molecule has 0 aromatic carbocycles. The quantitative estimate of drug-likeness (QED) is 0.539. The summed E-state index contributed by atoms with van der Waals surface area (Å²) in [6.45, 7) is 0. The van der Waals surface area contributed by atoms with Gasteiger partial charge in [0.25, 0.3) is 0 Å². The molecular formula is C8H11NO4. The molecule has 2 saturated carbocycles. The Morgan fingerprint density at radius 2 is 2.00 bits per heavy atom. The molecule has 2 rings (SSSR count). The minimum atomic E-state index is -1.28. The molecular weight excluding hydrogens is 174 g/mol. The molecule has 2 aliphatic rings. The molecule has 0 radical (unpaired) electrons. The molecule has 0 aromatic rings. The van der Waals surface area contributed by atoms with Crippen molar-refractivity contribution in [2.75, 3.05) is 0 Å². The SMILES string of the molecule is N[C@@]1(C(=O)O)CC[C@H]2[C@@H](C(=O)O)[C@H]21. The summed E-state index contributed by atoms with van der Waals surface area (Å²) in [5, 5.41) is 17.6. The molecule has 4 atom stereocenters. The van der Waals surface area contributed by atoms with Gasteiger partial charge >= 0.3 is 11.9 Å². The first kappa shape index (κ1) is 8.50. The topological polar surface area (TPSA) is 101 Å². The molecule has 72 valence electrons. The smallest absolute Gasteiger partial charge is 0.324 e. The van der Waals surface area contributed by atoms with Crippen molar-refractivity contribution in [3.8, 4) is 0 Å². The zero-order chi connectivity index (χ0) is 9.80. The second-order valence-corrected chi connectivity index (χ2v) is 3.94. The largest absolute Gasteiger partial charge is 0.481 e. The van der Waals surface area contributed by atoms with Crippen LogP contribution in [-0.4, -0.2) is 27.7 Å². The molecule has 0 spiro atoms. The van der Waals surface area contributed by atoms with E-state index in [-0.39, 0.29) is 11.8 Å². The van der Waals surface area contributed by atoms with Crippen molar-refractivity contribution in [3.63, 3.8) is 0 Å². The summed E-state index contributed by atoms with van der Waals surface area (Å²) < 4.78 is 0. The van der Waals surface area contributed by atoms with Crippen LogP contribution in [0.25, 0.3) is 0 Å². The molecule has 5 nitrogen and oxygen atoms in total. The van der Waals surface area contributed by atoms with Gasteiger partial charge in [-0.3, -0.25) is 9.59 Å². The minimum absolute atomic E-state index is 0.00130. The summed E-state index contributed by atoms with van der Waals surface area (Å²) in [6.07, 6.45) is 1.03. The van der Waals surface area contributed by atoms with Gasteiger partial charge in [0.1, 0.15) is 5.54 Å². The average Bonchev–Trinajstić information content (AvgIpc) is 2.66. The number of carboxylic acids is 2. The Bertz CT molecular complexity index is 290. The van der Waals surface area contributed by atoms with Crippen molar-refractivity contribution in [1.82, 2.24) is 0 Å². The van der Waals surface area contributed by atoms with Gasteiger partial charge in [-0.1, -0.05) is 0 Å². The predicted molar refractivity (Wildman–Crippen MR) is 41.9 cm³/mol. The van der Waals surface area contributed by atoms with Crippen molar-refractivity contribution in [3.05, 3.63) is 0 Å². The first-order valence-electron chi connectivity index (χ1n) is 4.23. The van der Waals surface area contributed by atoms with Crippen LogP contribution in [0.2, 0.25) is 0 Å². The Morgan fingerprint density at radius 1 is 1.38 bits per heavy atom. The lowest BCUT2D eigenvalue weighted by Crippen LogP contribution is -2.49. The van der Waals surface area contributed by atoms with Crippen molar-refractivity contribution in [2.45, 2.75) is 18.4 Å². The molecule has 13 heavy (non-hydrogen) atoms. The number of nitrogens with two attached hydrogens (primary N) is 1. The van der Waals surface area contributed by atoms with E-state index in [9.17, 15) is 9.59 Å². The van der Waals surface area contributed by atoms with E-state index < -0.39 is 23.4 Å². The van der Waals surface area contributed by atoms with Crippen molar-refractivity contribution < 1.29 is 19.8 Å². The Morgan fingerprint density at radius 3 is 2.38 bits per heavy atom. The van der Waals surface area contributed by atoms with Gasteiger partial charge in [0.2, 0.25) is 0 Å². The highest BCUT2D eigenvalue weighted by molar-refractivity contribution is 5.85. The highest BCUT2D eigenvalue weighted by Gasteiger charge is 2.69. The van der Waals surface area contributed by atoms with Crippen LogP contribution in [0.5, 0.6) is 0 Å². The molecule has 0 aromatic heterocycles. The summed E-state index contributed by atoms with van der Waals surface area (Å²) >= 11 is 0. The molecule has 2 fully saturated rings. The molecule has 0 heterocycles. The Balaban J connectivity index is 2.20. The number of hydrogen-bond donors (Lipinski definition) is 3. The molecule has 0 amide bonds. The normalized spacial score (nSPS) is 47.0. The van der Waals surface area contributed by atoms with E-state index in [0.717, 1.165) is 0 Å². The van der Waals surface area contributed by atoms with Gasteiger partial charge in [0.15, 0.2) is 0 Å². The molecule has 0 saturated heterocycles. The van der Waals surface area contributed by atoms with Crippen LogP contribution in [0.1, 0.15) is 12.8 Å². The number of fused-ring (bicyclic) bond motifs is 1. The van der Waals surface area contributed by atoms with E-state index in [2.05, 4.69) is 0 Å². The molecule has 0 aliphatic heterocycles. The maximum absolute atomic E-state index is 10.8. The van der Waals surface area contributed by atoms with Crippen LogP contribution in [0.3, 0.4) is 0 Å². The number of aliphatic carboxylic acids is 2. The third-order valence-electron chi connectivity index (χ3n) is 3.34. The van der Waals surface area contributed by atoms with E-state index in [1.165, 1.54) is 0 Å². The maximum Gasteiger partial charge on any atom is 0.324 e. The zero-order valence-electron chi connectivity index (χ0n) is 6.93. The summed E-state index contributed by atoms with van der Waals surface area (Å²) in [4.78, 5) is 21.4. The lowest BCUT2D eigenvalue weighted by molar-refractivity contribution is -0.145. The highest BCUT2D eigenvalue weighted by atomic mass is 16.4. The summed E-state index contributed by atoms with van der Waals surface area (Å²) in [5.74, 6) is -2.84. The third kappa shape index (κ3) is 0.904. The van der Waals surface area contributed by atoms with Crippen LogP contribution < -0.4 is 5.73 Å². The maximum atomic E-state index is 10.8. The second-order valence-electron chi connectivity index (χ2n) is 3.94. The molecule has 0 bridgehead atoms. The van der Waals surface area contributed by atoms with E-state index >= 15 is 0 Å². The number of carbonyl (C=O) groups is 2. The summed E-state index contributed by atoms with van der Waals surface area (Å²) in [6, 6.07) is 0. The van der Waals surface area contributed by atoms with Crippen LogP contribution in [-0.2, 0) is 9.59 Å². The van der Waals surface area contributed by atoms with Crippen LogP contribution in [0, 0.1) is 17.8 Å². The van der Waals surface area contributed by atoms with Gasteiger partial charge in [-0.05, 0) is 18.8 Å². The fourth-order valence-electron chi connectivity index (χ4n) is 2.59. The Labute approximate surface area is 74.5 Å². The van der Waals surface area contributed by atoms with E-state index in [0.29, 0.717) is 12.8 Å². The highest BCUT2D eigenvalue weighted by Crippen LogP contribution is 2.61.